The maximum absolute atomic E-state index is 13.8. The number of carbonyl (C=O) groups is 4. The number of imidazole rings is 1. The van der Waals surface area contributed by atoms with E-state index < -0.39 is 47.9 Å². The first-order valence-electron chi connectivity index (χ1n) is 14.5. The largest absolute Gasteiger partial charge is 0.508 e. The highest BCUT2D eigenvalue weighted by Crippen LogP contribution is 2.14. The molecule has 13 nitrogen and oxygen atoms in total. The predicted molar refractivity (Wildman–Crippen MR) is 167 cm³/mol. The van der Waals surface area contributed by atoms with Gasteiger partial charge in [-0.15, -0.1) is 0 Å². The zero-order valence-electron chi connectivity index (χ0n) is 24.8. The molecule has 0 spiro atoms. The minimum absolute atomic E-state index is 0.00793. The van der Waals surface area contributed by atoms with Crippen LogP contribution in [0.5, 0.6) is 11.5 Å². The molecule has 0 radical (unpaired) electrons. The number of benzene rings is 3. The summed E-state index contributed by atoms with van der Waals surface area (Å²) in [6, 6.07) is 16.5. The van der Waals surface area contributed by atoms with Crippen LogP contribution in [0, 0.1) is 0 Å². The van der Waals surface area contributed by atoms with Gasteiger partial charge in [0, 0.05) is 31.2 Å². The van der Waals surface area contributed by atoms with Crippen LogP contribution >= 0.6 is 0 Å². The van der Waals surface area contributed by atoms with Gasteiger partial charge in [0.05, 0.1) is 12.4 Å². The van der Waals surface area contributed by atoms with Gasteiger partial charge < -0.3 is 42.0 Å². The van der Waals surface area contributed by atoms with E-state index in [1.54, 1.807) is 48.5 Å². The summed E-state index contributed by atoms with van der Waals surface area (Å²) >= 11 is 0. The number of phenolic OH excluding ortho intramolecular Hbond substituents is 2. The number of nitrogens with two attached hydrogens (primary N) is 1. The minimum Gasteiger partial charge on any atom is -0.508 e. The molecular formula is C33H36N6O7. The van der Waals surface area contributed by atoms with Crippen LogP contribution in [0.25, 0.3) is 0 Å². The Kier molecular flexibility index (Phi) is 11.5. The van der Waals surface area contributed by atoms with Gasteiger partial charge in [-0.1, -0.05) is 54.6 Å². The molecule has 0 aliphatic rings. The first-order valence-corrected chi connectivity index (χ1v) is 14.5. The normalized spacial score (nSPS) is 13.5. The summed E-state index contributed by atoms with van der Waals surface area (Å²) in [5.41, 5.74) is 8.69. The number of H-pyrrole nitrogens is 1. The monoisotopic (exact) mass is 628 g/mol. The Labute approximate surface area is 264 Å². The van der Waals surface area contributed by atoms with E-state index in [-0.39, 0.29) is 37.2 Å². The van der Waals surface area contributed by atoms with E-state index in [0.29, 0.717) is 16.8 Å². The number of aromatic nitrogens is 2. The number of carbonyl (C=O) groups excluding carboxylic acids is 3. The lowest BCUT2D eigenvalue weighted by molar-refractivity contribution is -0.142. The molecule has 0 saturated carbocycles. The van der Waals surface area contributed by atoms with Crippen LogP contribution in [-0.2, 0) is 44.9 Å². The molecule has 4 atom stereocenters. The Balaban J connectivity index is 1.54. The Bertz CT molecular complexity index is 1600. The van der Waals surface area contributed by atoms with Crippen LogP contribution in [0.1, 0.15) is 22.4 Å². The number of aromatic amines is 1. The van der Waals surface area contributed by atoms with Crippen molar-refractivity contribution in [1.82, 2.24) is 25.9 Å². The smallest absolute Gasteiger partial charge is 0.326 e. The maximum Gasteiger partial charge on any atom is 0.326 e. The van der Waals surface area contributed by atoms with Gasteiger partial charge >= 0.3 is 5.97 Å². The van der Waals surface area contributed by atoms with Crippen LogP contribution < -0.4 is 21.7 Å². The Morgan fingerprint density at radius 3 is 1.63 bits per heavy atom. The van der Waals surface area contributed by atoms with Crippen LogP contribution in [0.4, 0.5) is 0 Å². The van der Waals surface area contributed by atoms with Gasteiger partial charge in [0.2, 0.25) is 17.7 Å². The summed E-state index contributed by atoms with van der Waals surface area (Å²) in [5, 5.41) is 36.9. The molecule has 3 aromatic carbocycles. The number of hydrogen-bond donors (Lipinski definition) is 8. The van der Waals surface area contributed by atoms with Gasteiger partial charge in [-0.25, -0.2) is 9.78 Å². The number of phenols is 2. The second kappa shape index (κ2) is 15.9. The molecule has 4 rings (SSSR count). The predicted octanol–water partition coefficient (Wildman–Crippen LogP) is 0.958. The second-order valence-corrected chi connectivity index (χ2v) is 10.8. The van der Waals surface area contributed by atoms with Gasteiger partial charge in [0.15, 0.2) is 0 Å². The standard InChI is InChI=1S/C33H36N6O7/c34-26(14-21-6-10-24(40)11-7-21)30(42)37-27(15-20-4-2-1-3-5-20)31(43)38-28(16-22-8-12-25(41)13-9-22)32(44)39-29(33(45)46)17-23-18-35-19-36-23/h1-13,18-19,26-29,40-41H,14-17,34H2,(H,35,36)(H,37,42)(H,38,43)(H,39,44)(H,45,46). The van der Waals surface area contributed by atoms with Crippen molar-refractivity contribution in [3.63, 3.8) is 0 Å². The highest BCUT2D eigenvalue weighted by molar-refractivity contribution is 5.94. The fourth-order valence-electron chi connectivity index (χ4n) is 4.75. The third-order valence-corrected chi connectivity index (χ3v) is 7.25. The number of nitrogens with zero attached hydrogens (tertiary/aromatic N) is 1. The number of carboxylic acid groups (broad SMARTS) is 1. The first kappa shape index (κ1) is 33.2. The number of aromatic hydroxyl groups is 2. The van der Waals surface area contributed by atoms with Crippen molar-refractivity contribution in [2.75, 3.05) is 0 Å². The fourth-order valence-corrected chi connectivity index (χ4v) is 4.75. The molecule has 0 aliphatic carbocycles. The Hall–Kier alpha value is -5.69. The van der Waals surface area contributed by atoms with E-state index in [0.717, 1.165) is 5.56 Å². The molecule has 1 heterocycles. The van der Waals surface area contributed by atoms with Crippen molar-refractivity contribution >= 4 is 23.7 Å². The van der Waals surface area contributed by atoms with Gasteiger partial charge in [-0.05, 0) is 47.4 Å². The third kappa shape index (κ3) is 9.92. The van der Waals surface area contributed by atoms with E-state index in [2.05, 4.69) is 25.9 Å². The van der Waals surface area contributed by atoms with E-state index in [9.17, 15) is 34.5 Å². The van der Waals surface area contributed by atoms with Crippen LogP contribution in [0.3, 0.4) is 0 Å². The van der Waals surface area contributed by atoms with Crippen molar-refractivity contribution in [3.05, 3.63) is 114 Å². The lowest BCUT2D eigenvalue weighted by Crippen LogP contribution is -2.58. The number of aliphatic carboxylic acids is 1. The summed E-state index contributed by atoms with van der Waals surface area (Å²) in [6.07, 6.45) is 2.94. The van der Waals surface area contributed by atoms with E-state index in [1.165, 1.54) is 36.8 Å². The molecule has 13 heteroatoms. The summed E-state index contributed by atoms with van der Waals surface area (Å²) in [7, 11) is 0. The highest BCUT2D eigenvalue weighted by atomic mass is 16.4. The lowest BCUT2D eigenvalue weighted by Gasteiger charge is -2.25. The minimum atomic E-state index is -1.33. The van der Waals surface area contributed by atoms with E-state index in [4.69, 9.17) is 5.73 Å². The van der Waals surface area contributed by atoms with Gasteiger partial charge in [0.25, 0.3) is 0 Å². The highest BCUT2D eigenvalue weighted by Gasteiger charge is 2.31. The third-order valence-electron chi connectivity index (χ3n) is 7.25. The number of rotatable bonds is 15. The molecule has 0 fully saturated rings. The van der Waals surface area contributed by atoms with Gasteiger partial charge in [-0.2, -0.15) is 0 Å². The molecule has 240 valence electrons. The molecule has 1 aromatic heterocycles. The summed E-state index contributed by atoms with van der Waals surface area (Å²) in [4.78, 5) is 59.2. The summed E-state index contributed by atoms with van der Waals surface area (Å²) < 4.78 is 0. The van der Waals surface area contributed by atoms with E-state index in [1.807, 2.05) is 6.07 Å². The number of nitrogens with one attached hydrogen (secondary N) is 4. The van der Waals surface area contributed by atoms with Crippen molar-refractivity contribution < 1.29 is 34.5 Å². The quantitative estimate of drug-likeness (QED) is 0.0938. The fraction of sp³-hybridized carbons (Fsp3) is 0.242. The van der Waals surface area contributed by atoms with Crippen molar-refractivity contribution in [3.8, 4) is 11.5 Å². The number of carboxylic acids is 1. The van der Waals surface area contributed by atoms with E-state index >= 15 is 0 Å². The number of hydrogen-bond acceptors (Lipinski definition) is 8. The van der Waals surface area contributed by atoms with Crippen molar-refractivity contribution in [1.29, 1.82) is 0 Å². The Morgan fingerprint density at radius 1 is 0.652 bits per heavy atom. The SMILES string of the molecule is NC(Cc1ccc(O)cc1)C(=O)NC(Cc1ccccc1)C(=O)NC(Cc1ccc(O)cc1)C(=O)NC(Cc1cnc[nH]1)C(=O)O. The summed E-state index contributed by atoms with van der Waals surface area (Å²) in [5.74, 6) is -3.25. The zero-order valence-corrected chi connectivity index (χ0v) is 24.8. The molecule has 3 amide bonds. The van der Waals surface area contributed by atoms with Crippen LogP contribution in [-0.4, -0.2) is 73.1 Å². The second-order valence-electron chi connectivity index (χ2n) is 10.8. The van der Waals surface area contributed by atoms with Crippen LogP contribution in [0.2, 0.25) is 0 Å². The lowest BCUT2D eigenvalue weighted by atomic mass is 10.0. The molecule has 46 heavy (non-hydrogen) atoms. The molecule has 4 unspecified atom stereocenters. The summed E-state index contributed by atoms with van der Waals surface area (Å²) in [6.45, 7) is 0. The van der Waals surface area contributed by atoms with Gasteiger partial charge in [-0.3, -0.25) is 14.4 Å². The Morgan fingerprint density at radius 2 is 1.13 bits per heavy atom. The zero-order chi connectivity index (χ0) is 33.1. The molecule has 0 bridgehead atoms. The van der Waals surface area contributed by atoms with Crippen molar-refractivity contribution in [2.24, 2.45) is 5.73 Å². The molecular weight excluding hydrogens is 592 g/mol. The first-order chi connectivity index (χ1) is 22.1. The molecule has 9 N–H and O–H groups in total. The molecule has 4 aromatic rings. The van der Waals surface area contributed by atoms with Crippen LogP contribution in [0.15, 0.2) is 91.4 Å². The maximum atomic E-state index is 13.8. The topological polar surface area (TPSA) is 220 Å². The average molecular weight is 629 g/mol. The molecule has 0 saturated heterocycles. The van der Waals surface area contributed by atoms with Crippen molar-refractivity contribution in [2.45, 2.75) is 49.9 Å². The average Bonchev–Trinajstić information content (AvgIpc) is 3.55. The van der Waals surface area contributed by atoms with Gasteiger partial charge in [0.1, 0.15) is 29.6 Å². The molecule has 0 aliphatic heterocycles. The number of amides is 3.